The quantitative estimate of drug-likeness (QED) is 0.856. The number of aliphatic hydroxyl groups is 1. The standard InChI is InChI=1S/C14H19BrN2O2/c15-13-10-12(11-19)2-3-14(13)17-5-1-4-16(6-7-17)8-9-18/h2-3,10-11,18H,1,4-9H2. The average molecular weight is 327 g/mol. The number of carbonyl (C=O) groups excluding carboxylic acids is 1. The summed E-state index contributed by atoms with van der Waals surface area (Å²) in [4.78, 5) is 15.4. The van der Waals surface area contributed by atoms with Gasteiger partial charge < -0.3 is 10.0 Å². The molecule has 0 unspecified atom stereocenters. The Hall–Kier alpha value is -0.910. The van der Waals surface area contributed by atoms with Gasteiger partial charge >= 0.3 is 0 Å². The molecule has 0 aromatic heterocycles. The smallest absolute Gasteiger partial charge is 0.150 e. The molecule has 1 N–H and O–H groups in total. The second kappa shape index (κ2) is 7.03. The van der Waals surface area contributed by atoms with Crippen LogP contribution in [0.15, 0.2) is 22.7 Å². The van der Waals surface area contributed by atoms with Crippen LogP contribution < -0.4 is 4.90 Å². The second-order valence-corrected chi connectivity index (χ2v) is 5.59. The van der Waals surface area contributed by atoms with Crippen molar-refractivity contribution < 1.29 is 9.90 Å². The summed E-state index contributed by atoms with van der Waals surface area (Å²) in [5, 5.41) is 9.00. The lowest BCUT2D eigenvalue weighted by atomic mass is 10.2. The van der Waals surface area contributed by atoms with E-state index in [1.807, 2.05) is 18.2 Å². The summed E-state index contributed by atoms with van der Waals surface area (Å²) in [6, 6.07) is 5.71. The van der Waals surface area contributed by atoms with Gasteiger partial charge in [-0.3, -0.25) is 9.69 Å². The predicted octanol–water partition coefficient (Wildman–Crippen LogP) is 1.77. The Morgan fingerprint density at radius 3 is 2.79 bits per heavy atom. The maximum Gasteiger partial charge on any atom is 0.150 e. The molecule has 1 heterocycles. The number of carbonyl (C=O) groups is 1. The lowest BCUT2D eigenvalue weighted by Crippen LogP contribution is -2.32. The molecule has 4 nitrogen and oxygen atoms in total. The fourth-order valence-corrected chi connectivity index (χ4v) is 3.08. The van der Waals surface area contributed by atoms with Crippen molar-refractivity contribution in [2.45, 2.75) is 6.42 Å². The first-order chi connectivity index (χ1) is 9.24. The molecule has 0 bridgehead atoms. The Balaban J connectivity index is 2.07. The van der Waals surface area contributed by atoms with Crippen LogP contribution in [-0.2, 0) is 0 Å². The number of nitrogens with zero attached hydrogens (tertiary/aromatic N) is 2. The topological polar surface area (TPSA) is 43.8 Å². The van der Waals surface area contributed by atoms with E-state index in [1.54, 1.807) is 0 Å². The number of anilines is 1. The first kappa shape index (κ1) is 14.5. The molecule has 0 atom stereocenters. The molecular formula is C14H19BrN2O2. The minimum Gasteiger partial charge on any atom is -0.395 e. The molecule has 0 saturated carbocycles. The van der Waals surface area contributed by atoms with Gasteiger partial charge in [-0.1, -0.05) is 0 Å². The molecule has 0 aliphatic carbocycles. The highest BCUT2D eigenvalue weighted by Crippen LogP contribution is 2.27. The first-order valence-electron chi connectivity index (χ1n) is 6.57. The summed E-state index contributed by atoms with van der Waals surface area (Å²) in [5.74, 6) is 0. The Morgan fingerprint density at radius 1 is 1.26 bits per heavy atom. The first-order valence-corrected chi connectivity index (χ1v) is 7.37. The largest absolute Gasteiger partial charge is 0.395 e. The highest BCUT2D eigenvalue weighted by Gasteiger charge is 2.16. The van der Waals surface area contributed by atoms with E-state index < -0.39 is 0 Å². The van der Waals surface area contributed by atoms with Crippen molar-refractivity contribution in [3.63, 3.8) is 0 Å². The van der Waals surface area contributed by atoms with Crippen LogP contribution in [-0.4, -0.2) is 55.6 Å². The van der Waals surface area contributed by atoms with Gasteiger partial charge in [-0.15, -0.1) is 0 Å². The summed E-state index contributed by atoms with van der Waals surface area (Å²) in [7, 11) is 0. The van der Waals surface area contributed by atoms with Crippen molar-refractivity contribution in [2.24, 2.45) is 0 Å². The molecule has 1 aromatic carbocycles. The summed E-state index contributed by atoms with van der Waals surface area (Å²) in [6.45, 7) is 4.90. The van der Waals surface area contributed by atoms with Crippen LogP contribution in [0.5, 0.6) is 0 Å². The maximum absolute atomic E-state index is 10.8. The molecule has 104 valence electrons. The van der Waals surface area contributed by atoms with Crippen LogP contribution in [0.2, 0.25) is 0 Å². The van der Waals surface area contributed by atoms with E-state index >= 15 is 0 Å². The van der Waals surface area contributed by atoms with E-state index in [2.05, 4.69) is 25.7 Å². The number of hydrogen-bond donors (Lipinski definition) is 1. The van der Waals surface area contributed by atoms with Crippen LogP contribution in [0.1, 0.15) is 16.8 Å². The van der Waals surface area contributed by atoms with Crippen molar-refractivity contribution in [3.8, 4) is 0 Å². The van der Waals surface area contributed by atoms with Crippen LogP contribution in [0.4, 0.5) is 5.69 Å². The molecule has 1 aliphatic rings. The SMILES string of the molecule is O=Cc1ccc(N2CCCN(CCO)CC2)c(Br)c1. The van der Waals surface area contributed by atoms with Gasteiger partial charge in [0.1, 0.15) is 6.29 Å². The van der Waals surface area contributed by atoms with Gasteiger partial charge in [0.15, 0.2) is 0 Å². The summed E-state index contributed by atoms with van der Waals surface area (Å²) in [5.41, 5.74) is 1.82. The Labute approximate surface area is 122 Å². The van der Waals surface area contributed by atoms with E-state index in [1.165, 1.54) is 0 Å². The van der Waals surface area contributed by atoms with Crippen molar-refractivity contribution in [1.82, 2.24) is 4.90 Å². The summed E-state index contributed by atoms with van der Waals surface area (Å²) < 4.78 is 0.965. The summed E-state index contributed by atoms with van der Waals surface area (Å²) >= 11 is 3.54. The Morgan fingerprint density at radius 2 is 2.11 bits per heavy atom. The van der Waals surface area contributed by atoms with Crippen molar-refractivity contribution in [2.75, 3.05) is 44.2 Å². The minimum atomic E-state index is 0.220. The van der Waals surface area contributed by atoms with Crippen LogP contribution >= 0.6 is 15.9 Å². The van der Waals surface area contributed by atoms with Gasteiger partial charge in [-0.05, 0) is 47.1 Å². The number of benzene rings is 1. The number of hydrogen-bond acceptors (Lipinski definition) is 4. The van der Waals surface area contributed by atoms with Crippen molar-refractivity contribution in [1.29, 1.82) is 0 Å². The minimum absolute atomic E-state index is 0.220. The van der Waals surface area contributed by atoms with Crippen molar-refractivity contribution >= 4 is 27.9 Å². The van der Waals surface area contributed by atoms with E-state index in [-0.39, 0.29) is 6.61 Å². The van der Waals surface area contributed by atoms with E-state index in [0.717, 1.165) is 55.6 Å². The third-order valence-electron chi connectivity index (χ3n) is 3.45. The highest BCUT2D eigenvalue weighted by atomic mass is 79.9. The Kier molecular flexibility index (Phi) is 5.36. The third kappa shape index (κ3) is 3.78. The van der Waals surface area contributed by atoms with E-state index in [9.17, 15) is 4.79 Å². The van der Waals surface area contributed by atoms with Gasteiger partial charge in [0.25, 0.3) is 0 Å². The third-order valence-corrected chi connectivity index (χ3v) is 4.09. The van der Waals surface area contributed by atoms with E-state index in [4.69, 9.17) is 5.11 Å². The Bertz CT molecular complexity index is 439. The lowest BCUT2D eigenvalue weighted by molar-refractivity contribution is 0.112. The maximum atomic E-state index is 10.8. The molecule has 1 fully saturated rings. The molecule has 1 aliphatic heterocycles. The zero-order valence-electron chi connectivity index (χ0n) is 10.9. The molecule has 1 saturated heterocycles. The van der Waals surface area contributed by atoms with Crippen LogP contribution in [0.3, 0.4) is 0 Å². The second-order valence-electron chi connectivity index (χ2n) is 4.73. The number of halogens is 1. The normalized spacial score (nSPS) is 17.3. The predicted molar refractivity (Wildman–Crippen MR) is 79.9 cm³/mol. The van der Waals surface area contributed by atoms with Gasteiger partial charge in [0.05, 0.1) is 12.3 Å². The number of rotatable bonds is 4. The number of β-amino-alcohol motifs (C(OH)–C–C–N with tert-alkyl or cyclic N) is 1. The van der Waals surface area contributed by atoms with Gasteiger partial charge in [0.2, 0.25) is 0 Å². The molecule has 0 amide bonds. The van der Waals surface area contributed by atoms with Gasteiger partial charge in [-0.25, -0.2) is 0 Å². The van der Waals surface area contributed by atoms with Crippen molar-refractivity contribution in [3.05, 3.63) is 28.2 Å². The molecule has 1 aromatic rings. The molecule has 19 heavy (non-hydrogen) atoms. The van der Waals surface area contributed by atoms with Crippen LogP contribution in [0, 0.1) is 0 Å². The molecule has 0 spiro atoms. The highest BCUT2D eigenvalue weighted by molar-refractivity contribution is 9.10. The monoisotopic (exact) mass is 326 g/mol. The fraction of sp³-hybridized carbons (Fsp3) is 0.500. The zero-order valence-corrected chi connectivity index (χ0v) is 12.5. The van der Waals surface area contributed by atoms with Crippen LogP contribution in [0.25, 0.3) is 0 Å². The molecule has 0 radical (unpaired) electrons. The zero-order chi connectivity index (χ0) is 13.7. The average Bonchev–Trinajstić information content (AvgIpc) is 2.65. The van der Waals surface area contributed by atoms with Gasteiger partial charge in [0, 0.05) is 36.2 Å². The van der Waals surface area contributed by atoms with Gasteiger partial charge in [-0.2, -0.15) is 0 Å². The van der Waals surface area contributed by atoms with E-state index in [0.29, 0.717) is 5.56 Å². The molecule has 2 rings (SSSR count). The fourth-order valence-electron chi connectivity index (χ4n) is 2.43. The molecule has 5 heteroatoms. The summed E-state index contributed by atoms with van der Waals surface area (Å²) in [6.07, 6.45) is 1.95. The number of aliphatic hydroxyl groups excluding tert-OH is 1. The number of aldehydes is 1. The molecular weight excluding hydrogens is 308 g/mol. The lowest BCUT2D eigenvalue weighted by Gasteiger charge is -2.24.